The van der Waals surface area contributed by atoms with E-state index in [1.54, 1.807) is 0 Å². The summed E-state index contributed by atoms with van der Waals surface area (Å²) in [5.74, 6) is 1.31. The molecule has 0 aliphatic carbocycles. The molecular weight excluding hydrogens is 388 g/mol. The van der Waals surface area contributed by atoms with E-state index in [9.17, 15) is 9.59 Å². The maximum absolute atomic E-state index is 13.0. The van der Waals surface area contributed by atoms with Gasteiger partial charge in [0, 0.05) is 43.2 Å². The van der Waals surface area contributed by atoms with Crippen molar-refractivity contribution < 1.29 is 14.3 Å². The molecule has 2 aliphatic rings. The number of aryl methyl sites for hydroxylation is 2. The summed E-state index contributed by atoms with van der Waals surface area (Å²) >= 11 is 0. The van der Waals surface area contributed by atoms with Crippen molar-refractivity contribution in [1.29, 1.82) is 0 Å². The summed E-state index contributed by atoms with van der Waals surface area (Å²) in [5.41, 5.74) is 3.72. The van der Waals surface area contributed by atoms with Crippen LogP contribution in [0.1, 0.15) is 57.5 Å². The molecule has 0 spiro atoms. The molecule has 2 aromatic carbocycles. The van der Waals surface area contributed by atoms with Crippen molar-refractivity contribution in [3.63, 3.8) is 0 Å². The molecule has 31 heavy (non-hydrogen) atoms. The van der Waals surface area contributed by atoms with Gasteiger partial charge in [0.1, 0.15) is 5.75 Å². The number of likely N-dealkylation sites (tertiary alicyclic amines) is 2. The van der Waals surface area contributed by atoms with Gasteiger partial charge in [0.05, 0.1) is 6.61 Å². The summed E-state index contributed by atoms with van der Waals surface area (Å²) in [4.78, 5) is 29.4. The molecule has 2 aliphatic heterocycles. The van der Waals surface area contributed by atoms with E-state index < -0.39 is 0 Å². The largest absolute Gasteiger partial charge is 0.493 e. The number of carbonyl (C=O) groups is 2. The van der Waals surface area contributed by atoms with E-state index in [-0.39, 0.29) is 11.8 Å². The van der Waals surface area contributed by atoms with E-state index in [4.69, 9.17) is 4.74 Å². The lowest BCUT2D eigenvalue weighted by atomic mass is 9.97. The number of hydrogen-bond donors (Lipinski definition) is 0. The Morgan fingerprint density at radius 1 is 0.903 bits per heavy atom. The molecule has 164 valence electrons. The van der Waals surface area contributed by atoms with Crippen molar-refractivity contribution in [2.45, 2.75) is 39.5 Å². The van der Waals surface area contributed by atoms with Gasteiger partial charge in [-0.25, -0.2) is 0 Å². The summed E-state index contributed by atoms with van der Waals surface area (Å²) in [5, 5.41) is 0. The molecule has 0 aromatic heterocycles. The van der Waals surface area contributed by atoms with Crippen LogP contribution < -0.4 is 4.74 Å². The van der Waals surface area contributed by atoms with Gasteiger partial charge in [-0.2, -0.15) is 0 Å². The average Bonchev–Trinajstić information content (AvgIpc) is 3.32. The first-order valence-electron chi connectivity index (χ1n) is 11.4. The van der Waals surface area contributed by atoms with Crippen LogP contribution in [0.15, 0.2) is 42.5 Å². The molecule has 2 fully saturated rings. The molecule has 0 bridgehead atoms. The number of rotatable bonds is 5. The van der Waals surface area contributed by atoms with Crippen LogP contribution in [-0.2, 0) is 0 Å². The minimum atomic E-state index is 0.108. The van der Waals surface area contributed by atoms with Crippen molar-refractivity contribution in [3.8, 4) is 5.75 Å². The lowest BCUT2D eigenvalue weighted by Gasteiger charge is -2.33. The second-order valence-corrected chi connectivity index (χ2v) is 8.91. The molecule has 0 radical (unpaired) electrons. The monoisotopic (exact) mass is 420 g/mol. The van der Waals surface area contributed by atoms with E-state index >= 15 is 0 Å². The van der Waals surface area contributed by atoms with Crippen molar-refractivity contribution in [1.82, 2.24) is 9.80 Å². The zero-order valence-electron chi connectivity index (χ0n) is 18.6. The van der Waals surface area contributed by atoms with E-state index in [0.717, 1.165) is 74.3 Å². The first kappa shape index (κ1) is 21.4. The lowest BCUT2D eigenvalue weighted by Crippen LogP contribution is -2.41. The Bertz CT molecular complexity index is 932. The maximum Gasteiger partial charge on any atom is 0.254 e. The molecule has 1 atom stereocenters. The zero-order valence-corrected chi connectivity index (χ0v) is 18.6. The predicted molar refractivity (Wildman–Crippen MR) is 122 cm³/mol. The highest BCUT2D eigenvalue weighted by atomic mass is 16.5. The van der Waals surface area contributed by atoms with Crippen LogP contribution in [0.2, 0.25) is 0 Å². The second kappa shape index (κ2) is 9.54. The summed E-state index contributed by atoms with van der Waals surface area (Å²) in [6.45, 7) is 7.86. The van der Waals surface area contributed by atoms with Crippen molar-refractivity contribution in [2.24, 2.45) is 5.92 Å². The normalized spacial score (nSPS) is 18.8. The highest BCUT2D eigenvalue weighted by Crippen LogP contribution is 2.23. The van der Waals surface area contributed by atoms with Gasteiger partial charge >= 0.3 is 0 Å². The van der Waals surface area contributed by atoms with E-state index in [0.29, 0.717) is 12.5 Å². The Kier molecular flexibility index (Phi) is 6.59. The van der Waals surface area contributed by atoms with Gasteiger partial charge in [-0.3, -0.25) is 9.59 Å². The smallest absolute Gasteiger partial charge is 0.254 e. The molecule has 5 nitrogen and oxygen atoms in total. The molecule has 4 rings (SSSR count). The van der Waals surface area contributed by atoms with Gasteiger partial charge < -0.3 is 14.5 Å². The number of ether oxygens (including phenoxy) is 1. The number of benzene rings is 2. The minimum absolute atomic E-state index is 0.108. The molecule has 5 heteroatoms. The fraction of sp³-hybridized carbons (Fsp3) is 0.462. The van der Waals surface area contributed by atoms with Gasteiger partial charge in [-0.05, 0) is 75.4 Å². The highest BCUT2D eigenvalue weighted by Gasteiger charge is 2.26. The molecule has 2 saturated heterocycles. The Morgan fingerprint density at radius 3 is 2.32 bits per heavy atom. The molecule has 2 aromatic rings. The standard InChI is InChI=1S/C26H32N2O3/c1-19-7-12-24(20(2)16-19)26(30)28-15-5-6-21(17-28)18-31-23-10-8-22(9-11-23)25(29)27-13-3-4-14-27/h7-12,16,21H,3-6,13-15,17-18H2,1-2H3/t21-/m1/s1. The molecule has 2 heterocycles. The van der Waals surface area contributed by atoms with Gasteiger partial charge in [-0.15, -0.1) is 0 Å². The van der Waals surface area contributed by atoms with Crippen molar-refractivity contribution >= 4 is 11.8 Å². The number of amides is 2. The van der Waals surface area contributed by atoms with Crippen LogP contribution in [0.5, 0.6) is 5.75 Å². The average molecular weight is 421 g/mol. The van der Waals surface area contributed by atoms with Crippen LogP contribution in [0.25, 0.3) is 0 Å². The van der Waals surface area contributed by atoms with Crippen LogP contribution in [-0.4, -0.2) is 54.4 Å². The van der Waals surface area contributed by atoms with E-state index in [1.807, 2.05) is 60.0 Å². The Labute approximate surface area is 185 Å². The van der Waals surface area contributed by atoms with Crippen molar-refractivity contribution in [3.05, 3.63) is 64.7 Å². The third-order valence-electron chi connectivity index (χ3n) is 6.40. The van der Waals surface area contributed by atoms with Crippen LogP contribution in [0, 0.1) is 19.8 Å². The van der Waals surface area contributed by atoms with Gasteiger partial charge in [0.15, 0.2) is 0 Å². The topological polar surface area (TPSA) is 49.9 Å². The summed E-state index contributed by atoms with van der Waals surface area (Å²) in [6.07, 6.45) is 4.24. The molecular formula is C26H32N2O3. The lowest BCUT2D eigenvalue weighted by molar-refractivity contribution is 0.0632. The second-order valence-electron chi connectivity index (χ2n) is 8.91. The van der Waals surface area contributed by atoms with E-state index in [1.165, 1.54) is 5.56 Å². The molecule has 0 N–H and O–H groups in total. The first-order chi connectivity index (χ1) is 15.0. The Balaban J connectivity index is 1.31. The summed E-state index contributed by atoms with van der Waals surface area (Å²) < 4.78 is 6.02. The van der Waals surface area contributed by atoms with Gasteiger partial charge in [-0.1, -0.05) is 17.7 Å². The zero-order chi connectivity index (χ0) is 21.8. The van der Waals surface area contributed by atoms with E-state index in [2.05, 4.69) is 6.07 Å². The number of nitrogens with zero attached hydrogens (tertiary/aromatic N) is 2. The first-order valence-corrected chi connectivity index (χ1v) is 11.4. The number of piperidine rings is 1. The molecule has 2 amide bonds. The fourth-order valence-electron chi connectivity index (χ4n) is 4.62. The Morgan fingerprint density at radius 2 is 1.61 bits per heavy atom. The molecule has 0 unspecified atom stereocenters. The van der Waals surface area contributed by atoms with Crippen LogP contribution in [0.4, 0.5) is 0 Å². The summed E-state index contributed by atoms with van der Waals surface area (Å²) in [6, 6.07) is 13.5. The Hall–Kier alpha value is -2.82. The molecule has 0 saturated carbocycles. The van der Waals surface area contributed by atoms with Crippen molar-refractivity contribution in [2.75, 3.05) is 32.8 Å². The third kappa shape index (κ3) is 5.09. The highest BCUT2D eigenvalue weighted by molar-refractivity contribution is 5.96. The fourth-order valence-corrected chi connectivity index (χ4v) is 4.62. The quantitative estimate of drug-likeness (QED) is 0.717. The van der Waals surface area contributed by atoms with Crippen LogP contribution >= 0.6 is 0 Å². The minimum Gasteiger partial charge on any atom is -0.493 e. The maximum atomic E-state index is 13.0. The summed E-state index contributed by atoms with van der Waals surface area (Å²) in [7, 11) is 0. The number of carbonyl (C=O) groups excluding carboxylic acids is 2. The third-order valence-corrected chi connectivity index (χ3v) is 6.40. The SMILES string of the molecule is Cc1ccc(C(=O)N2CCC[C@@H](COc3ccc(C(=O)N4CCCC4)cc3)C2)c(C)c1. The number of hydrogen-bond acceptors (Lipinski definition) is 3. The van der Waals surface area contributed by atoms with Gasteiger partial charge in [0.2, 0.25) is 0 Å². The van der Waals surface area contributed by atoms with Crippen LogP contribution in [0.3, 0.4) is 0 Å². The van der Waals surface area contributed by atoms with Gasteiger partial charge in [0.25, 0.3) is 11.8 Å². The predicted octanol–water partition coefficient (Wildman–Crippen LogP) is 4.47.